The number of sulfonamides is 1. The zero-order chi connectivity index (χ0) is 18.6. The van der Waals surface area contributed by atoms with Crippen LogP contribution >= 0.6 is 12.4 Å². The molecule has 0 aliphatic carbocycles. The topological polar surface area (TPSA) is 119 Å². The fraction of sp³-hybridized carbons (Fsp3) is 0.412. The van der Waals surface area contributed by atoms with Crippen LogP contribution in [0, 0.1) is 0 Å². The molecule has 8 nitrogen and oxygen atoms in total. The maximum absolute atomic E-state index is 12.2. The lowest BCUT2D eigenvalue weighted by Gasteiger charge is -2.22. The molecule has 1 aliphatic heterocycles. The Morgan fingerprint density at radius 1 is 1.30 bits per heavy atom. The minimum atomic E-state index is -3.68. The number of piperidine rings is 1. The molecule has 3 rings (SSSR count). The summed E-state index contributed by atoms with van der Waals surface area (Å²) < 4.78 is 24.3. The second kappa shape index (κ2) is 9.32. The number of amides is 1. The molecule has 1 saturated heterocycles. The van der Waals surface area contributed by atoms with E-state index in [1.807, 2.05) is 10.9 Å². The molecule has 148 valence electrons. The summed E-state index contributed by atoms with van der Waals surface area (Å²) in [6.07, 6.45) is 4.60. The number of nitrogens with zero attached hydrogens (tertiary/aromatic N) is 2. The van der Waals surface area contributed by atoms with Gasteiger partial charge in [-0.3, -0.25) is 9.48 Å². The van der Waals surface area contributed by atoms with E-state index in [4.69, 9.17) is 5.14 Å². The molecular weight excluding hydrogens is 390 g/mol. The van der Waals surface area contributed by atoms with Crippen LogP contribution in [-0.4, -0.2) is 43.7 Å². The fourth-order valence-electron chi connectivity index (χ4n) is 2.98. The predicted molar refractivity (Wildman–Crippen MR) is 104 cm³/mol. The summed E-state index contributed by atoms with van der Waals surface area (Å²) in [5.74, 6) is -0.214. The SMILES string of the molecule is Cl.NS(=O)(=O)c1ccc(CCNC(=O)c2ccn(C3CCCNC3)n2)cc1. The van der Waals surface area contributed by atoms with Crippen LogP contribution in [0.5, 0.6) is 0 Å². The van der Waals surface area contributed by atoms with Gasteiger partial charge in [0.1, 0.15) is 5.69 Å². The third kappa shape index (κ3) is 5.77. The van der Waals surface area contributed by atoms with Gasteiger partial charge >= 0.3 is 0 Å². The summed E-state index contributed by atoms with van der Waals surface area (Å²) in [5, 5.41) is 15.6. The van der Waals surface area contributed by atoms with Crippen LogP contribution in [-0.2, 0) is 16.4 Å². The number of hydrogen-bond acceptors (Lipinski definition) is 5. The quantitative estimate of drug-likeness (QED) is 0.648. The highest BCUT2D eigenvalue weighted by Gasteiger charge is 2.17. The highest BCUT2D eigenvalue weighted by Crippen LogP contribution is 2.15. The van der Waals surface area contributed by atoms with Gasteiger partial charge < -0.3 is 10.6 Å². The highest BCUT2D eigenvalue weighted by atomic mass is 35.5. The molecule has 2 aromatic rings. The van der Waals surface area contributed by atoms with Crippen molar-refractivity contribution in [1.82, 2.24) is 20.4 Å². The maximum Gasteiger partial charge on any atom is 0.271 e. The van der Waals surface area contributed by atoms with Crippen LogP contribution in [0.25, 0.3) is 0 Å². The summed E-state index contributed by atoms with van der Waals surface area (Å²) in [6.45, 7) is 2.34. The van der Waals surface area contributed by atoms with Crippen molar-refractivity contribution in [1.29, 1.82) is 0 Å². The van der Waals surface area contributed by atoms with E-state index in [9.17, 15) is 13.2 Å². The lowest BCUT2D eigenvalue weighted by molar-refractivity contribution is 0.0947. The van der Waals surface area contributed by atoms with Crippen molar-refractivity contribution in [2.45, 2.75) is 30.2 Å². The van der Waals surface area contributed by atoms with Gasteiger partial charge in [0.25, 0.3) is 5.91 Å². The Bertz CT molecular complexity index is 861. The van der Waals surface area contributed by atoms with Crippen LogP contribution in [0.2, 0.25) is 0 Å². The maximum atomic E-state index is 12.2. The van der Waals surface area contributed by atoms with Gasteiger partial charge in [-0.15, -0.1) is 12.4 Å². The minimum absolute atomic E-state index is 0. The third-order valence-corrected chi connectivity index (χ3v) is 5.37. The minimum Gasteiger partial charge on any atom is -0.350 e. The first-order valence-corrected chi connectivity index (χ1v) is 10.1. The van der Waals surface area contributed by atoms with Gasteiger partial charge in [-0.1, -0.05) is 12.1 Å². The molecule has 10 heteroatoms. The number of aromatic nitrogens is 2. The van der Waals surface area contributed by atoms with Crippen molar-refractivity contribution in [3.63, 3.8) is 0 Å². The Morgan fingerprint density at radius 3 is 2.67 bits per heavy atom. The molecule has 2 heterocycles. The number of benzene rings is 1. The smallest absolute Gasteiger partial charge is 0.271 e. The van der Waals surface area contributed by atoms with Gasteiger partial charge in [-0.05, 0) is 49.6 Å². The summed E-state index contributed by atoms with van der Waals surface area (Å²) in [7, 11) is -3.68. The molecule has 4 N–H and O–H groups in total. The number of carbonyl (C=O) groups is 1. The molecule has 1 aromatic heterocycles. The van der Waals surface area contributed by atoms with Crippen molar-refractivity contribution in [3.05, 3.63) is 47.8 Å². The molecular formula is C17H24ClN5O3S. The second-order valence-corrected chi connectivity index (χ2v) is 7.94. The average Bonchev–Trinajstić information content (AvgIpc) is 3.12. The number of carbonyl (C=O) groups excluding carboxylic acids is 1. The molecule has 1 aromatic carbocycles. The van der Waals surface area contributed by atoms with Crippen LogP contribution in [0.1, 0.15) is 34.9 Å². The lowest BCUT2D eigenvalue weighted by Crippen LogP contribution is -2.32. The van der Waals surface area contributed by atoms with Gasteiger partial charge in [0.05, 0.1) is 10.9 Å². The van der Waals surface area contributed by atoms with E-state index in [1.165, 1.54) is 12.1 Å². The van der Waals surface area contributed by atoms with Gasteiger partial charge in [0.15, 0.2) is 0 Å². The first-order valence-electron chi connectivity index (χ1n) is 8.59. The Hall–Kier alpha value is -1.94. The monoisotopic (exact) mass is 413 g/mol. The Balaban J connectivity index is 0.00000261. The zero-order valence-electron chi connectivity index (χ0n) is 14.8. The van der Waals surface area contributed by atoms with E-state index in [-0.39, 0.29) is 23.2 Å². The van der Waals surface area contributed by atoms with Crippen molar-refractivity contribution < 1.29 is 13.2 Å². The molecule has 1 aliphatic rings. The molecule has 1 amide bonds. The van der Waals surface area contributed by atoms with Crippen LogP contribution in [0.4, 0.5) is 0 Å². The summed E-state index contributed by atoms with van der Waals surface area (Å²) in [4.78, 5) is 12.3. The normalized spacial score (nSPS) is 17.1. The average molecular weight is 414 g/mol. The number of nitrogens with two attached hydrogens (primary N) is 1. The molecule has 0 spiro atoms. The fourth-order valence-corrected chi connectivity index (χ4v) is 3.49. The van der Waals surface area contributed by atoms with Gasteiger partial charge in [-0.2, -0.15) is 5.10 Å². The van der Waals surface area contributed by atoms with Crippen molar-refractivity contribution in [3.8, 4) is 0 Å². The van der Waals surface area contributed by atoms with E-state index >= 15 is 0 Å². The van der Waals surface area contributed by atoms with Crippen molar-refractivity contribution in [2.24, 2.45) is 5.14 Å². The Kier molecular flexibility index (Phi) is 7.37. The Morgan fingerprint density at radius 2 is 2.04 bits per heavy atom. The number of primary sulfonamides is 1. The summed E-state index contributed by atoms with van der Waals surface area (Å²) in [5.41, 5.74) is 1.32. The van der Waals surface area contributed by atoms with Crippen molar-refractivity contribution >= 4 is 28.3 Å². The van der Waals surface area contributed by atoms with Crippen LogP contribution < -0.4 is 15.8 Å². The van der Waals surface area contributed by atoms with E-state index in [0.29, 0.717) is 24.7 Å². The van der Waals surface area contributed by atoms with Gasteiger partial charge in [0, 0.05) is 19.3 Å². The lowest BCUT2D eigenvalue weighted by atomic mass is 10.1. The first-order chi connectivity index (χ1) is 12.4. The molecule has 0 saturated carbocycles. The van der Waals surface area contributed by atoms with Gasteiger partial charge in [0.2, 0.25) is 10.0 Å². The van der Waals surface area contributed by atoms with E-state index in [0.717, 1.165) is 31.5 Å². The highest BCUT2D eigenvalue weighted by molar-refractivity contribution is 7.89. The molecule has 1 atom stereocenters. The predicted octanol–water partition coefficient (Wildman–Crippen LogP) is 0.849. The second-order valence-electron chi connectivity index (χ2n) is 6.38. The number of rotatable bonds is 6. The van der Waals surface area contributed by atoms with E-state index < -0.39 is 10.0 Å². The zero-order valence-corrected chi connectivity index (χ0v) is 16.4. The molecule has 0 bridgehead atoms. The van der Waals surface area contributed by atoms with Crippen LogP contribution in [0.15, 0.2) is 41.4 Å². The molecule has 0 radical (unpaired) electrons. The van der Waals surface area contributed by atoms with Gasteiger partial charge in [-0.25, -0.2) is 13.6 Å². The number of hydrogen-bond donors (Lipinski definition) is 3. The largest absolute Gasteiger partial charge is 0.350 e. The van der Waals surface area contributed by atoms with Crippen LogP contribution in [0.3, 0.4) is 0 Å². The van der Waals surface area contributed by atoms with Crippen molar-refractivity contribution in [2.75, 3.05) is 19.6 Å². The summed E-state index contributed by atoms with van der Waals surface area (Å²) in [6, 6.07) is 8.33. The summed E-state index contributed by atoms with van der Waals surface area (Å²) >= 11 is 0. The first kappa shape index (κ1) is 21.4. The standard InChI is InChI=1S/C17H23N5O3S.ClH/c18-26(24,25)15-5-3-13(4-6-15)7-10-20-17(23)16-8-11-22(21-16)14-2-1-9-19-12-14;/h3-6,8,11,14,19H,1-2,7,9-10,12H2,(H,20,23)(H2,18,24,25);1H. The Labute approximate surface area is 165 Å². The third-order valence-electron chi connectivity index (χ3n) is 4.44. The van der Waals surface area contributed by atoms with E-state index in [1.54, 1.807) is 18.2 Å². The molecule has 1 unspecified atom stereocenters. The van der Waals surface area contributed by atoms with E-state index in [2.05, 4.69) is 15.7 Å². The number of nitrogens with one attached hydrogen (secondary N) is 2. The molecule has 27 heavy (non-hydrogen) atoms. The number of halogens is 1. The molecule has 1 fully saturated rings.